The Balaban J connectivity index is 1.54. The molecule has 0 fully saturated rings. The van der Waals surface area contributed by atoms with Gasteiger partial charge in [0, 0.05) is 69.0 Å². The van der Waals surface area contributed by atoms with Gasteiger partial charge in [-0.15, -0.1) is 0 Å². The molecule has 4 heterocycles. The molecule has 0 atom stereocenters. The van der Waals surface area contributed by atoms with Crippen molar-refractivity contribution in [3.05, 3.63) is 77.1 Å². The molecule has 0 aliphatic carbocycles. The molecular formula is C23H28N6O. The van der Waals surface area contributed by atoms with Crippen LogP contribution in [0.3, 0.4) is 0 Å². The van der Waals surface area contributed by atoms with Crippen molar-refractivity contribution in [2.45, 2.75) is 46.4 Å². The van der Waals surface area contributed by atoms with Crippen LogP contribution in [0.1, 0.15) is 46.9 Å². The zero-order chi connectivity index (χ0) is 20.9. The molecule has 4 rings (SSSR count). The number of hydrogen-bond donors (Lipinski definition) is 1. The van der Waals surface area contributed by atoms with Gasteiger partial charge in [-0.1, -0.05) is 26.0 Å². The molecule has 0 spiro atoms. The average Bonchev–Trinajstić information content (AvgIpc) is 3.10. The number of pyridine rings is 2. The van der Waals surface area contributed by atoms with Gasteiger partial charge in [-0.05, 0) is 29.7 Å². The van der Waals surface area contributed by atoms with E-state index in [0.29, 0.717) is 24.7 Å². The van der Waals surface area contributed by atoms with Gasteiger partial charge in [0.2, 0.25) is 0 Å². The van der Waals surface area contributed by atoms with Crippen molar-refractivity contribution in [3.8, 4) is 0 Å². The lowest BCUT2D eigenvalue weighted by Crippen LogP contribution is -2.32. The molecule has 0 saturated carbocycles. The largest absolute Gasteiger partial charge is 0.346 e. The lowest BCUT2D eigenvalue weighted by atomic mass is 10.0. The third-order valence-corrected chi connectivity index (χ3v) is 5.25. The van der Waals surface area contributed by atoms with E-state index in [0.717, 1.165) is 42.9 Å². The van der Waals surface area contributed by atoms with Crippen LogP contribution in [-0.4, -0.2) is 37.1 Å². The summed E-state index contributed by atoms with van der Waals surface area (Å²) in [7, 11) is 0. The van der Waals surface area contributed by atoms with Crippen molar-refractivity contribution in [2.75, 3.05) is 6.54 Å². The molecule has 1 aliphatic rings. The van der Waals surface area contributed by atoms with E-state index in [-0.39, 0.29) is 5.91 Å². The summed E-state index contributed by atoms with van der Waals surface area (Å²) in [6.45, 7) is 8.02. The van der Waals surface area contributed by atoms with E-state index in [1.807, 2.05) is 41.2 Å². The normalized spacial score (nSPS) is 14.0. The fourth-order valence-electron chi connectivity index (χ4n) is 3.85. The van der Waals surface area contributed by atoms with Crippen molar-refractivity contribution in [1.82, 2.24) is 30.0 Å². The van der Waals surface area contributed by atoms with Gasteiger partial charge in [0.15, 0.2) is 5.69 Å². The topological polar surface area (TPSA) is 75.9 Å². The predicted octanol–water partition coefficient (Wildman–Crippen LogP) is 2.82. The van der Waals surface area contributed by atoms with Gasteiger partial charge in [0.25, 0.3) is 5.91 Å². The van der Waals surface area contributed by atoms with E-state index in [2.05, 4.69) is 34.0 Å². The quantitative estimate of drug-likeness (QED) is 0.655. The SMILES string of the molecule is CC(C)Cn1nc(C(=O)NCc2cccnc2)c2c1CCN(Cc1ccccn1)C2. The second-order valence-corrected chi connectivity index (χ2v) is 8.18. The summed E-state index contributed by atoms with van der Waals surface area (Å²) in [5, 5.41) is 7.74. The summed E-state index contributed by atoms with van der Waals surface area (Å²) >= 11 is 0. The van der Waals surface area contributed by atoms with Crippen molar-refractivity contribution in [1.29, 1.82) is 0 Å². The first-order valence-electron chi connectivity index (χ1n) is 10.5. The number of carbonyl (C=O) groups is 1. The fraction of sp³-hybridized carbons (Fsp3) is 0.391. The number of fused-ring (bicyclic) bond motifs is 1. The Hall–Kier alpha value is -3.06. The van der Waals surface area contributed by atoms with Crippen LogP contribution in [0.5, 0.6) is 0 Å². The zero-order valence-corrected chi connectivity index (χ0v) is 17.6. The van der Waals surface area contributed by atoms with Crippen LogP contribution in [0, 0.1) is 5.92 Å². The summed E-state index contributed by atoms with van der Waals surface area (Å²) < 4.78 is 2.04. The molecule has 0 radical (unpaired) electrons. The molecule has 1 amide bonds. The Morgan fingerprint density at radius 2 is 2.10 bits per heavy atom. The molecule has 156 valence electrons. The smallest absolute Gasteiger partial charge is 0.272 e. The van der Waals surface area contributed by atoms with Crippen LogP contribution in [-0.2, 0) is 32.6 Å². The van der Waals surface area contributed by atoms with Crippen molar-refractivity contribution < 1.29 is 4.79 Å². The Kier molecular flexibility index (Phi) is 6.18. The second kappa shape index (κ2) is 9.17. The zero-order valence-electron chi connectivity index (χ0n) is 17.6. The average molecular weight is 405 g/mol. The van der Waals surface area contributed by atoms with Crippen molar-refractivity contribution in [2.24, 2.45) is 5.92 Å². The number of hydrogen-bond acceptors (Lipinski definition) is 5. The first-order valence-corrected chi connectivity index (χ1v) is 10.5. The molecule has 0 saturated heterocycles. The number of aromatic nitrogens is 4. The van der Waals surface area contributed by atoms with Crippen LogP contribution in [0.2, 0.25) is 0 Å². The lowest BCUT2D eigenvalue weighted by Gasteiger charge is -2.27. The molecule has 1 N–H and O–H groups in total. The Bertz CT molecular complexity index is 984. The minimum atomic E-state index is -0.128. The van der Waals surface area contributed by atoms with E-state index in [9.17, 15) is 4.79 Å². The number of nitrogens with one attached hydrogen (secondary N) is 1. The summed E-state index contributed by atoms with van der Waals surface area (Å²) in [5.74, 6) is 0.337. The Labute approximate surface area is 177 Å². The van der Waals surface area contributed by atoms with Gasteiger partial charge in [0.05, 0.1) is 5.69 Å². The third-order valence-electron chi connectivity index (χ3n) is 5.25. The monoisotopic (exact) mass is 404 g/mol. The molecule has 3 aromatic rings. The minimum absolute atomic E-state index is 0.128. The fourth-order valence-corrected chi connectivity index (χ4v) is 3.85. The predicted molar refractivity (Wildman–Crippen MR) is 115 cm³/mol. The van der Waals surface area contributed by atoms with E-state index >= 15 is 0 Å². The van der Waals surface area contributed by atoms with E-state index < -0.39 is 0 Å². The molecule has 1 aliphatic heterocycles. The van der Waals surface area contributed by atoms with Crippen LogP contribution >= 0.6 is 0 Å². The molecule has 30 heavy (non-hydrogen) atoms. The summed E-state index contributed by atoms with van der Waals surface area (Å²) in [6, 6.07) is 9.80. The first kappa shape index (κ1) is 20.2. The summed E-state index contributed by atoms with van der Waals surface area (Å²) in [4.78, 5) is 23.9. The lowest BCUT2D eigenvalue weighted by molar-refractivity contribution is 0.0942. The highest BCUT2D eigenvalue weighted by atomic mass is 16.1. The van der Waals surface area contributed by atoms with Crippen LogP contribution in [0.15, 0.2) is 48.9 Å². The van der Waals surface area contributed by atoms with E-state index in [1.54, 1.807) is 12.4 Å². The molecule has 0 unspecified atom stereocenters. The molecule has 7 heteroatoms. The van der Waals surface area contributed by atoms with Gasteiger partial charge in [-0.3, -0.25) is 24.3 Å². The van der Waals surface area contributed by atoms with Gasteiger partial charge in [-0.25, -0.2) is 0 Å². The highest BCUT2D eigenvalue weighted by Gasteiger charge is 2.28. The van der Waals surface area contributed by atoms with Gasteiger partial charge < -0.3 is 5.32 Å². The van der Waals surface area contributed by atoms with Crippen molar-refractivity contribution in [3.63, 3.8) is 0 Å². The molecule has 3 aromatic heterocycles. The van der Waals surface area contributed by atoms with Crippen LogP contribution < -0.4 is 5.32 Å². The first-order chi connectivity index (χ1) is 14.6. The van der Waals surface area contributed by atoms with Crippen LogP contribution in [0.4, 0.5) is 0 Å². The summed E-state index contributed by atoms with van der Waals surface area (Å²) in [5.41, 5.74) is 4.78. The molecule has 7 nitrogen and oxygen atoms in total. The minimum Gasteiger partial charge on any atom is -0.346 e. The standard InChI is InChI=1S/C23H28N6O/c1-17(2)14-29-21-8-11-28(15-19-7-3-4-10-25-19)16-20(21)22(27-29)23(30)26-13-18-6-5-9-24-12-18/h3-7,9-10,12,17H,8,11,13-16H2,1-2H3,(H,26,30). The Morgan fingerprint density at radius 1 is 1.20 bits per heavy atom. The van der Waals surface area contributed by atoms with E-state index in [1.165, 1.54) is 5.69 Å². The van der Waals surface area contributed by atoms with Crippen molar-refractivity contribution >= 4 is 5.91 Å². The van der Waals surface area contributed by atoms with E-state index in [4.69, 9.17) is 5.10 Å². The Morgan fingerprint density at radius 3 is 2.83 bits per heavy atom. The highest BCUT2D eigenvalue weighted by Crippen LogP contribution is 2.24. The third kappa shape index (κ3) is 4.74. The number of nitrogens with zero attached hydrogens (tertiary/aromatic N) is 5. The van der Waals surface area contributed by atoms with Gasteiger partial charge >= 0.3 is 0 Å². The molecule has 0 aromatic carbocycles. The highest BCUT2D eigenvalue weighted by molar-refractivity contribution is 5.94. The maximum absolute atomic E-state index is 13.0. The number of amides is 1. The van der Waals surface area contributed by atoms with Crippen LogP contribution in [0.25, 0.3) is 0 Å². The van der Waals surface area contributed by atoms with Gasteiger partial charge in [-0.2, -0.15) is 5.10 Å². The molecular weight excluding hydrogens is 376 g/mol. The second-order valence-electron chi connectivity index (χ2n) is 8.18. The van der Waals surface area contributed by atoms with Gasteiger partial charge in [0.1, 0.15) is 0 Å². The maximum Gasteiger partial charge on any atom is 0.272 e. The maximum atomic E-state index is 13.0. The number of rotatable bonds is 7. The summed E-state index contributed by atoms with van der Waals surface area (Å²) in [6.07, 6.45) is 6.20. The molecule has 0 bridgehead atoms. The number of carbonyl (C=O) groups excluding carboxylic acids is 1.